The Morgan fingerprint density at radius 1 is 1.18 bits per heavy atom. The highest BCUT2D eigenvalue weighted by atomic mass is 32.2. The third-order valence-electron chi connectivity index (χ3n) is 5.68. The van der Waals surface area contributed by atoms with Gasteiger partial charge in [0.15, 0.2) is 11.6 Å². The lowest BCUT2D eigenvalue weighted by atomic mass is 9.92. The van der Waals surface area contributed by atoms with Crippen molar-refractivity contribution in [2.45, 2.75) is 56.0 Å². The minimum absolute atomic E-state index is 0.0168. The molecule has 0 amide bonds. The van der Waals surface area contributed by atoms with E-state index < -0.39 is 45.3 Å². The monoisotopic (exact) mass is 507 g/mol. The number of fused-ring (bicyclic) bond motifs is 1. The van der Waals surface area contributed by atoms with Gasteiger partial charge in [-0.2, -0.15) is 26.7 Å². The Bertz CT molecular complexity index is 1300. The van der Waals surface area contributed by atoms with Crippen molar-refractivity contribution in [3.05, 3.63) is 42.3 Å². The lowest BCUT2D eigenvalue weighted by Crippen LogP contribution is -2.42. The van der Waals surface area contributed by atoms with E-state index in [-0.39, 0.29) is 11.7 Å². The number of sulfonamides is 1. The van der Waals surface area contributed by atoms with Gasteiger partial charge in [0.05, 0.1) is 16.9 Å². The zero-order valence-corrected chi connectivity index (χ0v) is 18.4. The molecule has 1 N–H and O–H groups in total. The molecule has 0 bridgehead atoms. The van der Waals surface area contributed by atoms with Crippen LogP contribution in [0.4, 0.5) is 26.3 Å². The molecule has 1 aromatic carbocycles. The molecule has 3 aromatic rings. The zero-order chi connectivity index (χ0) is 24.8. The summed E-state index contributed by atoms with van der Waals surface area (Å²) in [7, 11) is -4.49. The Hall–Kier alpha value is -2.80. The number of benzene rings is 1. The second-order valence-corrected chi connectivity index (χ2v) is 9.68. The molecule has 0 spiro atoms. The number of nitrogens with zero attached hydrogens (tertiary/aromatic N) is 2. The number of pyridine rings is 1. The molecule has 1 unspecified atom stereocenters. The second kappa shape index (κ2) is 8.77. The van der Waals surface area contributed by atoms with E-state index in [1.807, 2.05) is 0 Å². The summed E-state index contributed by atoms with van der Waals surface area (Å²) in [6.07, 6.45) is -1.34. The van der Waals surface area contributed by atoms with Crippen LogP contribution >= 0.6 is 0 Å². The molecule has 6 nitrogen and oxygen atoms in total. The molecule has 4 rings (SSSR count). The molecule has 1 aliphatic carbocycles. The molecule has 184 valence electrons. The Kier molecular flexibility index (Phi) is 6.27. The maximum Gasteiger partial charge on any atom is 0.404 e. The Labute approximate surface area is 190 Å². The highest BCUT2D eigenvalue weighted by Crippen LogP contribution is 2.41. The molecule has 1 fully saturated rings. The van der Waals surface area contributed by atoms with E-state index in [9.17, 15) is 34.8 Å². The molecule has 0 radical (unpaired) electrons. The van der Waals surface area contributed by atoms with Crippen molar-refractivity contribution in [1.29, 1.82) is 0 Å². The molecule has 13 heteroatoms. The summed E-state index contributed by atoms with van der Waals surface area (Å²) < 4.78 is 110. The summed E-state index contributed by atoms with van der Waals surface area (Å²) >= 11 is 0. The van der Waals surface area contributed by atoms with E-state index in [0.29, 0.717) is 23.5 Å². The van der Waals surface area contributed by atoms with Gasteiger partial charge in [-0.1, -0.05) is 0 Å². The van der Waals surface area contributed by atoms with Crippen molar-refractivity contribution in [2.24, 2.45) is 0 Å². The molecule has 34 heavy (non-hydrogen) atoms. The number of nitrogens with one attached hydrogen (secondary N) is 1. The number of hydrogen-bond donors (Lipinski definition) is 1. The van der Waals surface area contributed by atoms with Gasteiger partial charge in [-0.25, -0.2) is 12.8 Å². The average Bonchev–Trinajstić information content (AvgIpc) is 3.03. The van der Waals surface area contributed by atoms with Crippen molar-refractivity contribution < 1.29 is 39.5 Å². The molecule has 1 saturated carbocycles. The fourth-order valence-electron chi connectivity index (χ4n) is 3.71. The number of hydrogen-bond acceptors (Lipinski definition) is 4. The van der Waals surface area contributed by atoms with Gasteiger partial charge in [-0.05, 0) is 50.5 Å². The van der Waals surface area contributed by atoms with Crippen LogP contribution in [-0.2, 0) is 10.0 Å². The minimum Gasteiger partial charge on any atom is -0.432 e. The molecular formula is C21H19F6N3O3S. The topological polar surface area (TPSA) is 73.2 Å². The largest absolute Gasteiger partial charge is 0.432 e. The van der Waals surface area contributed by atoms with E-state index in [0.717, 1.165) is 37.6 Å². The second-order valence-electron chi connectivity index (χ2n) is 7.97. The van der Waals surface area contributed by atoms with E-state index in [4.69, 9.17) is 0 Å². The van der Waals surface area contributed by atoms with Crippen LogP contribution in [0.5, 0.6) is 5.75 Å². The van der Waals surface area contributed by atoms with E-state index in [1.165, 1.54) is 12.1 Å². The maximum absolute atomic E-state index is 14.3. The summed E-state index contributed by atoms with van der Waals surface area (Å²) in [5, 5.41) is 0.403. The molecule has 0 saturated heterocycles. The summed E-state index contributed by atoms with van der Waals surface area (Å²) in [4.78, 5) is 3.65. The first-order valence-corrected chi connectivity index (χ1v) is 11.7. The smallest absolute Gasteiger partial charge is 0.404 e. The van der Waals surface area contributed by atoms with E-state index in [1.54, 1.807) is 15.4 Å². The summed E-state index contributed by atoms with van der Waals surface area (Å²) in [6.45, 7) is -2.52. The van der Waals surface area contributed by atoms with Gasteiger partial charge in [-0.15, -0.1) is 0 Å². The fraction of sp³-hybridized carbons (Fsp3) is 0.381. The van der Waals surface area contributed by atoms with Crippen molar-refractivity contribution >= 4 is 20.9 Å². The average molecular weight is 507 g/mol. The molecule has 2 heterocycles. The van der Waals surface area contributed by atoms with Crippen molar-refractivity contribution in [3.8, 4) is 17.1 Å². The van der Waals surface area contributed by atoms with Gasteiger partial charge in [0.1, 0.15) is 10.9 Å². The maximum atomic E-state index is 14.3. The molecule has 1 atom stereocenters. The Balaban J connectivity index is 1.73. The van der Waals surface area contributed by atoms with Crippen LogP contribution in [0.1, 0.15) is 32.2 Å². The molecule has 2 aromatic heterocycles. The molecular weight excluding hydrogens is 488 g/mol. The zero-order valence-electron chi connectivity index (χ0n) is 17.6. The number of halogens is 6. The predicted molar refractivity (Wildman–Crippen MR) is 110 cm³/mol. The summed E-state index contributed by atoms with van der Waals surface area (Å²) in [5.41, 5.74) is 1.20. The third kappa shape index (κ3) is 4.71. The third-order valence-corrected chi connectivity index (χ3v) is 7.21. The highest BCUT2D eigenvalue weighted by molar-refractivity contribution is 7.89. The van der Waals surface area contributed by atoms with Gasteiger partial charge in [0.25, 0.3) is 0 Å². The normalized spacial score (nSPS) is 16.1. The first kappa shape index (κ1) is 24.3. The van der Waals surface area contributed by atoms with Gasteiger partial charge in [-0.3, -0.25) is 4.98 Å². The molecule has 1 aliphatic rings. The van der Waals surface area contributed by atoms with Crippen LogP contribution < -0.4 is 9.46 Å². The highest BCUT2D eigenvalue weighted by Gasteiger charge is 2.39. The standard InChI is InChI=1S/C21H19F6N3O3S/c1-11(21(25,26)27)29-34(31,32)14-5-6-16(28-10-14)18-8-12-7-15(22)19(33-20(23)24)9-17(12)30(18)13-3-2-4-13/h5-11,13,20,29H,2-4H2,1H3. The minimum atomic E-state index is -4.76. The number of aromatic nitrogens is 2. The fourth-order valence-corrected chi connectivity index (χ4v) is 4.88. The van der Waals surface area contributed by atoms with Crippen molar-refractivity contribution in [2.75, 3.05) is 0 Å². The van der Waals surface area contributed by atoms with Crippen LogP contribution in [-0.4, -0.2) is 36.8 Å². The first-order chi connectivity index (χ1) is 15.9. The Morgan fingerprint density at radius 3 is 2.41 bits per heavy atom. The van der Waals surface area contributed by atoms with E-state index in [2.05, 4.69) is 9.72 Å². The predicted octanol–water partition coefficient (Wildman–Crippen LogP) is 5.40. The lowest BCUT2D eigenvalue weighted by Gasteiger charge is -2.30. The lowest BCUT2D eigenvalue weighted by molar-refractivity contribution is -0.147. The molecule has 0 aliphatic heterocycles. The van der Waals surface area contributed by atoms with E-state index >= 15 is 0 Å². The van der Waals surface area contributed by atoms with Gasteiger partial charge < -0.3 is 9.30 Å². The van der Waals surface area contributed by atoms with Gasteiger partial charge in [0.2, 0.25) is 10.0 Å². The summed E-state index contributed by atoms with van der Waals surface area (Å²) in [6, 6.07) is 3.96. The Morgan fingerprint density at radius 2 is 1.88 bits per heavy atom. The number of rotatable bonds is 7. The van der Waals surface area contributed by atoms with Crippen LogP contribution in [0.25, 0.3) is 22.3 Å². The van der Waals surface area contributed by atoms with Gasteiger partial charge in [0, 0.05) is 23.7 Å². The first-order valence-electron chi connectivity index (χ1n) is 10.2. The van der Waals surface area contributed by atoms with Crippen molar-refractivity contribution in [3.63, 3.8) is 0 Å². The summed E-state index contributed by atoms with van der Waals surface area (Å²) in [5.74, 6) is -1.57. The van der Waals surface area contributed by atoms with Gasteiger partial charge >= 0.3 is 12.8 Å². The number of alkyl halides is 5. The van der Waals surface area contributed by atoms with Crippen LogP contribution in [0.3, 0.4) is 0 Å². The van der Waals surface area contributed by atoms with Crippen LogP contribution in [0, 0.1) is 5.82 Å². The van der Waals surface area contributed by atoms with Crippen molar-refractivity contribution in [1.82, 2.24) is 14.3 Å². The quantitative estimate of drug-likeness (QED) is 0.435. The van der Waals surface area contributed by atoms with Crippen LogP contribution in [0.2, 0.25) is 0 Å². The number of ether oxygens (including phenoxy) is 1. The van der Waals surface area contributed by atoms with Crippen LogP contribution in [0.15, 0.2) is 41.4 Å². The SMILES string of the molecule is CC(NS(=O)(=O)c1ccc(-c2cc3cc(F)c(OC(F)F)cc3n2C2CCC2)nc1)C(F)(F)F.